The van der Waals surface area contributed by atoms with Gasteiger partial charge in [-0.15, -0.1) is 0 Å². The fraction of sp³-hybridized carbons (Fsp3) is 1.00. The minimum Gasteiger partial charge on any atom is -0.389 e. The SMILES string of the molecule is CCCCCCOCC(O)CNCCCOCC(C)C. The van der Waals surface area contributed by atoms with Gasteiger partial charge in [-0.3, -0.25) is 0 Å². The summed E-state index contributed by atoms with van der Waals surface area (Å²) >= 11 is 0. The van der Waals surface area contributed by atoms with Crippen LogP contribution in [0, 0.1) is 5.92 Å². The van der Waals surface area contributed by atoms with Gasteiger partial charge in [0.2, 0.25) is 0 Å². The lowest BCUT2D eigenvalue weighted by Crippen LogP contribution is -2.31. The first-order chi connectivity index (χ1) is 9.66. The molecule has 0 heterocycles. The number of aliphatic hydroxyl groups excluding tert-OH is 1. The molecule has 0 aromatic carbocycles. The molecule has 4 nitrogen and oxygen atoms in total. The highest BCUT2D eigenvalue weighted by Crippen LogP contribution is 1.99. The molecule has 2 N–H and O–H groups in total. The van der Waals surface area contributed by atoms with Crippen molar-refractivity contribution in [3.63, 3.8) is 0 Å². The van der Waals surface area contributed by atoms with Gasteiger partial charge in [0.25, 0.3) is 0 Å². The topological polar surface area (TPSA) is 50.7 Å². The molecule has 122 valence electrons. The van der Waals surface area contributed by atoms with Crippen LogP contribution in [0.1, 0.15) is 52.9 Å². The summed E-state index contributed by atoms with van der Waals surface area (Å²) in [6.07, 6.45) is 5.41. The molecule has 0 aliphatic carbocycles. The van der Waals surface area contributed by atoms with Crippen molar-refractivity contribution in [2.75, 3.05) is 39.5 Å². The van der Waals surface area contributed by atoms with Gasteiger partial charge in [-0.2, -0.15) is 0 Å². The van der Waals surface area contributed by atoms with E-state index in [0.29, 0.717) is 19.1 Å². The molecule has 20 heavy (non-hydrogen) atoms. The van der Waals surface area contributed by atoms with Gasteiger partial charge in [0.05, 0.1) is 12.7 Å². The van der Waals surface area contributed by atoms with Crippen molar-refractivity contribution in [3.05, 3.63) is 0 Å². The van der Waals surface area contributed by atoms with E-state index < -0.39 is 6.10 Å². The summed E-state index contributed by atoms with van der Waals surface area (Å²) in [4.78, 5) is 0. The minimum atomic E-state index is -0.405. The predicted octanol–water partition coefficient (Wildman–Crippen LogP) is 2.60. The van der Waals surface area contributed by atoms with E-state index in [4.69, 9.17) is 9.47 Å². The summed E-state index contributed by atoms with van der Waals surface area (Å²) in [5.74, 6) is 0.597. The predicted molar refractivity (Wildman–Crippen MR) is 84.1 cm³/mol. The molecule has 0 amide bonds. The van der Waals surface area contributed by atoms with E-state index >= 15 is 0 Å². The molecule has 0 spiro atoms. The molecule has 0 aliphatic rings. The summed E-state index contributed by atoms with van der Waals surface area (Å²) in [6, 6.07) is 0. The summed E-state index contributed by atoms with van der Waals surface area (Å²) in [5, 5.41) is 12.9. The van der Waals surface area contributed by atoms with Crippen LogP contribution in [0.25, 0.3) is 0 Å². The van der Waals surface area contributed by atoms with Gasteiger partial charge in [-0.05, 0) is 25.3 Å². The molecule has 4 heteroatoms. The van der Waals surface area contributed by atoms with Crippen molar-refractivity contribution in [2.45, 2.75) is 59.0 Å². The quantitative estimate of drug-likeness (QED) is 0.455. The molecule has 0 fully saturated rings. The minimum absolute atomic E-state index is 0.405. The molecule has 0 saturated carbocycles. The van der Waals surface area contributed by atoms with Crippen molar-refractivity contribution in [3.8, 4) is 0 Å². The van der Waals surface area contributed by atoms with Gasteiger partial charge in [0.15, 0.2) is 0 Å². The number of ether oxygens (including phenoxy) is 2. The Morgan fingerprint density at radius 3 is 2.35 bits per heavy atom. The lowest BCUT2D eigenvalue weighted by molar-refractivity contribution is 0.0350. The number of unbranched alkanes of at least 4 members (excludes halogenated alkanes) is 3. The third kappa shape index (κ3) is 15.9. The highest BCUT2D eigenvalue weighted by molar-refractivity contribution is 4.58. The third-order valence-electron chi connectivity index (χ3n) is 2.93. The van der Waals surface area contributed by atoms with Crippen LogP contribution >= 0.6 is 0 Å². The van der Waals surface area contributed by atoms with E-state index in [0.717, 1.165) is 39.2 Å². The molecule has 0 aromatic heterocycles. The van der Waals surface area contributed by atoms with Crippen LogP contribution in [0.2, 0.25) is 0 Å². The maximum absolute atomic E-state index is 9.71. The number of nitrogens with one attached hydrogen (secondary N) is 1. The molecular weight excluding hydrogens is 254 g/mol. The number of hydrogen-bond donors (Lipinski definition) is 2. The number of rotatable bonds is 15. The van der Waals surface area contributed by atoms with Crippen molar-refractivity contribution in [1.82, 2.24) is 5.32 Å². The Labute approximate surface area is 125 Å². The van der Waals surface area contributed by atoms with Crippen LogP contribution in [0.3, 0.4) is 0 Å². The van der Waals surface area contributed by atoms with Gasteiger partial charge < -0.3 is 19.9 Å². The monoisotopic (exact) mass is 289 g/mol. The largest absolute Gasteiger partial charge is 0.389 e. The second-order valence-corrected chi connectivity index (χ2v) is 5.82. The maximum Gasteiger partial charge on any atom is 0.0897 e. The molecule has 0 aliphatic heterocycles. The van der Waals surface area contributed by atoms with Gasteiger partial charge in [-0.25, -0.2) is 0 Å². The van der Waals surface area contributed by atoms with Crippen LogP contribution in [-0.4, -0.2) is 50.7 Å². The fourth-order valence-corrected chi connectivity index (χ4v) is 1.80. The Morgan fingerprint density at radius 1 is 0.950 bits per heavy atom. The lowest BCUT2D eigenvalue weighted by Gasteiger charge is -2.12. The van der Waals surface area contributed by atoms with Crippen molar-refractivity contribution in [2.24, 2.45) is 5.92 Å². The molecule has 1 unspecified atom stereocenters. The molecular formula is C16H35NO3. The van der Waals surface area contributed by atoms with Crippen LogP contribution in [0.5, 0.6) is 0 Å². The number of aliphatic hydroxyl groups is 1. The first kappa shape index (κ1) is 19.8. The van der Waals surface area contributed by atoms with Crippen LogP contribution < -0.4 is 5.32 Å². The van der Waals surface area contributed by atoms with Crippen molar-refractivity contribution in [1.29, 1.82) is 0 Å². The Morgan fingerprint density at radius 2 is 1.65 bits per heavy atom. The molecule has 0 radical (unpaired) electrons. The molecule has 0 bridgehead atoms. The van der Waals surface area contributed by atoms with Gasteiger partial charge in [0, 0.05) is 26.4 Å². The van der Waals surface area contributed by atoms with E-state index in [9.17, 15) is 5.11 Å². The van der Waals surface area contributed by atoms with Crippen molar-refractivity contribution >= 4 is 0 Å². The molecule has 0 rings (SSSR count). The summed E-state index contributed by atoms with van der Waals surface area (Å²) in [7, 11) is 0. The van der Waals surface area contributed by atoms with E-state index in [-0.39, 0.29) is 0 Å². The second-order valence-electron chi connectivity index (χ2n) is 5.82. The number of hydrogen-bond acceptors (Lipinski definition) is 4. The second kappa shape index (κ2) is 15.2. The standard InChI is InChI=1S/C16H35NO3/c1-4-5-6-7-10-20-14-16(18)12-17-9-8-11-19-13-15(2)3/h15-18H,4-14H2,1-3H3. The van der Waals surface area contributed by atoms with Gasteiger partial charge in [-0.1, -0.05) is 40.0 Å². The maximum atomic E-state index is 9.71. The average molecular weight is 289 g/mol. The lowest BCUT2D eigenvalue weighted by atomic mass is 10.2. The smallest absolute Gasteiger partial charge is 0.0897 e. The van der Waals surface area contributed by atoms with E-state index in [1.165, 1.54) is 19.3 Å². The third-order valence-corrected chi connectivity index (χ3v) is 2.93. The zero-order valence-corrected chi connectivity index (χ0v) is 13.7. The summed E-state index contributed by atoms with van der Waals surface area (Å²) in [5.41, 5.74) is 0. The van der Waals surface area contributed by atoms with Crippen LogP contribution in [0.4, 0.5) is 0 Å². The first-order valence-corrected chi connectivity index (χ1v) is 8.21. The molecule has 1 atom stereocenters. The fourth-order valence-electron chi connectivity index (χ4n) is 1.80. The average Bonchev–Trinajstić information content (AvgIpc) is 2.41. The Balaban J connectivity index is 3.14. The van der Waals surface area contributed by atoms with Gasteiger partial charge in [0.1, 0.15) is 0 Å². The summed E-state index contributed by atoms with van der Waals surface area (Å²) < 4.78 is 10.9. The van der Waals surface area contributed by atoms with Crippen molar-refractivity contribution < 1.29 is 14.6 Å². The summed E-state index contributed by atoms with van der Waals surface area (Å²) in [6.45, 7) is 10.8. The van der Waals surface area contributed by atoms with E-state index in [1.807, 2.05) is 0 Å². The Hall–Kier alpha value is -0.160. The molecule has 0 saturated heterocycles. The van der Waals surface area contributed by atoms with Crippen LogP contribution in [0.15, 0.2) is 0 Å². The highest BCUT2D eigenvalue weighted by atomic mass is 16.5. The zero-order valence-electron chi connectivity index (χ0n) is 13.7. The first-order valence-electron chi connectivity index (χ1n) is 8.21. The molecule has 0 aromatic rings. The van der Waals surface area contributed by atoms with Crippen LogP contribution in [-0.2, 0) is 9.47 Å². The Bertz CT molecular complexity index is 189. The Kier molecular flexibility index (Phi) is 15.1. The highest BCUT2D eigenvalue weighted by Gasteiger charge is 2.03. The normalized spacial score (nSPS) is 13.1. The van der Waals surface area contributed by atoms with E-state index in [1.54, 1.807) is 0 Å². The van der Waals surface area contributed by atoms with E-state index in [2.05, 4.69) is 26.1 Å². The van der Waals surface area contributed by atoms with Gasteiger partial charge >= 0.3 is 0 Å². The zero-order chi connectivity index (χ0) is 15.1.